The van der Waals surface area contributed by atoms with Crippen LogP contribution in [0.4, 0.5) is 5.69 Å². The third-order valence-electron chi connectivity index (χ3n) is 2.53. The van der Waals surface area contributed by atoms with Crippen molar-refractivity contribution in [2.75, 3.05) is 11.9 Å². The van der Waals surface area contributed by atoms with Crippen molar-refractivity contribution in [1.29, 1.82) is 0 Å². The lowest BCUT2D eigenvalue weighted by Gasteiger charge is -2.08. The smallest absolute Gasteiger partial charge is 0.0640 e. The minimum Gasteiger partial charge on any atom is -0.384 e. The van der Waals surface area contributed by atoms with Crippen LogP contribution in [0, 0.1) is 6.92 Å². The van der Waals surface area contributed by atoms with Gasteiger partial charge in [-0.2, -0.15) is 0 Å². The van der Waals surface area contributed by atoms with Crippen LogP contribution < -0.4 is 5.32 Å². The van der Waals surface area contributed by atoms with E-state index >= 15 is 0 Å². The van der Waals surface area contributed by atoms with Crippen LogP contribution in [-0.2, 0) is 0 Å². The molecule has 2 heteroatoms. The highest BCUT2D eigenvalue weighted by Gasteiger charge is 1.98. The molecule has 16 heavy (non-hydrogen) atoms. The summed E-state index contributed by atoms with van der Waals surface area (Å²) in [6, 6.07) is 6.11. The van der Waals surface area contributed by atoms with Gasteiger partial charge in [-0.25, -0.2) is 0 Å². The minimum atomic E-state index is 0.811. The van der Waals surface area contributed by atoms with Crippen LogP contribution in [-0.4, -0.2) is 6.54 Å². The fourth-order valence-corrected chi connectivity index (χ4v) is 1.88. The first-order chi connectivity index (χ1) is 7.74. The summed E-state index contributed by atoms with van der Waals surface area (Å²) in [5.41, 5.74) is 2.23. The van der Waals surface area contributed by atoms with E-state index in [0.29, 0.717) is 0 Å². The number of anilines is 1. The van der Waals surface area contributed by atoms with Crippen LogP contribution in [0.1, 0.15) is 31.2 Å². The third-order valence-corrected chi connectivity index (χ3v) is 2.84. The van der Waals surface area contributed by atoms with Gasteiger partial charge in [0.15, 0.2) is 0 Å². The van der Waals surface area contributed by atoms with Gasteiger partial charge in [0.1, 0.15) is 0 Å². The first-order valence-electron chi connectivity index (χ1n) is 5.85. The predicted molar refractivity (Wildman–Crippen MR) is 73.3 cm³/mol. The van der Waals surface area contributed by atoms with E-state index in [1.165, 1.54) is 24.8 Å². The number of nitrogens with one attached hydrogen (secondary N) is 1. The summed E-state index contributed by atoms with van der Waals surface area (Å²) < 4.78 is 0. The quantitative estimate of drug-likeness (QED) is 0.530. The molecule has 0 bridgehead atoms. The summed E-state index contributed by atoms with van der Waals surface area (Å²) in [7, 11) is 0. The van der Waals surface area contributed by atoms with Gasteiger partial charge in [0, 0.05) is 6.54 Å². The molecular formula is C14H20ClN. The van der Waals surface area contributed by atoms with Gasteiger partial charge in [-0.1, -0.05) is 30.2 Å². The lowest BCUT2D eigenvalue weighted by atomic mass is 10.2. The lowest BCUT2D eigenvalue weighted by Crippen LogP contribution is -2.01. The molecule has 0 heterocycles. The summed E-state index contributed by atoms with van der Waals surface area (Å²) in [5.74, 6) is 0. The Kier molecular flexibility index (Phi) is 6.02. The standard InChI is InChI=1S/C14H20ClN/c1-3-4-5-6-7-10-16-14-9-8-12(2)11-13(14)15/h3,8-9,11,16H,1,4-7,10H2,2H3. The Labute approximate surface area is 104 Å². The highest BCUT2D eigenvalue weighted by Crippen LogP contribution is 2.22. The second-order valence-corrected chi connectivity index (χ2v) is 4.46. The molecule has 0 saturated carbocycles. The number of aryl methyl sites for hydroxylation is 1. The normalized spacial score (nSPS) is 10.1. The molecule has 88 valence electrons. The molecule has 0 spiro atoms. The van der Waals surface area contributed by atoms with Crippen molar-refractivity contribution in [2.24, 2.45) is 0 Å². The largest absolute Gasteiger partial charge is 0.384 e. The summed E-state index contributed by atoms with van der Waals surface area (Å²) in [6.07, 6.45) is 6.74. The fraction of sp³-hybridized carbons (Fsp3) is 0.429. The molecule has 1 aromatic carbocycles. The molecule has 1 aromatic rings. The molecule has 1 rings (SSSR count). The van der Waals surface area contributed by atoms with Crippen LogP contribution in [0.3, 0.4) is 0 Å². The van der Waals surface area contributed by atoms with Gasteiger partial charge < -0.3 is 5.32 Å². The van der Waals surface area contributed by atoms with Gasteiger partial charge >= 0.3 is 0 Å². The van der Waals surface area contributed by atoms with Crippen molar-refractivity contribution in [2.45, 2.75) is 32.6 Å². The molecule has 0 aliphatic heterocycles. The molecule has 0 amide bonds. The van der Waals surface area contributed by atoms with Crippen molar-refractivity contribution >= 4 is 17.3 Å². The van der Waals surface area contributed by atoms with Gasteiger partial charge in [-0.15, -0.1) is 6.58 Å². The van der Waals surface area contributed by atoms with Crippen LogP contribution in [0.2, 0.25) is 5.02 Å². The first kappa shape index (κ1) is 13.1. The predicted octanol–water partition coefficient (Wildman–Crippen LogP) is 4.81. The zero-order chi connectivity index (χ0) is 11.8. The SMILES string of the molecule is C=CCCCCCNc1ccc(C)cc1Cl. The first-order valence-corrected chi connectivity index (χ1v) is 6.23. The number of hydrogen-bond acceptors (Lipinski definition) is 1. The number of benzene rings is 1. The Hall–Kier alpha value is -0.950. The molecule has 0 atom stereocenters. The number of halogens is 1. The summed E-state index contributed by atoms with van der Waals surface area (Å²) in [4.78, 5) is 0. The maximum atomic E-state index is 6.12. The highest BCUT2D eigenvalue weighted by molar-refractivity contribution is 6.33. The van der Waals surface area contributed by atoms with Gasteiger partial charge in [0.25, 0.3) is 0 Å². The van der Waals surface area contributed by atoms with Gasteiger partial charge in [-0.05, 0) is 43.9 Å². The van der Waals surface area contributed by atoms with E-state index in [1.54, 1.807) is 0 Å². The molecule has 1 nitrogen and oxygen atoms in total. The van der Waals surface area contributed by atoms with Crippen molar-refractivity contribution < 1.29 is 0 Å². The highest BCUT2D eigenvalue weighted by atomic mass is 35.5. The van der Waals surface area contributed by atoms with Crippen LogP contribution in [0.25, 0.3) is 0 Å². The number of hydrogen-bond donors (Lipinski definition) is 1. The molecule has 0 radical (unpaired) electrons. The van der Waals surface area contributed by atoms with E-state index in [1.807, 2.05) is 25.1 Å². The van der Waals surface area contributed by atoms with Crippen molar-refractivity contribution in [3.63, 3.8) is 0 Å². The van der Waals surface area contributed by atoms with Gasteiger partial charge in [-0.3, -0.25) is 0 Å². The Morgan fingerprint density at radius 3 is 2.81 bits per heavy atom. The molecule has 0 aliphatic carbocycles. The van der Waals surface area contributed by atoms with E-state index in [-0.39, 0.29) is 0 Å². The minimum absolute atomic E-state index is 0.811. The monoisotopic (exact) mass is 237 g/mol. The second kappa shape index (κ2) is 7.34. The number of allylic oxidation sites excluding steroid dienone is 1. The van der Waals surface area contributed by atoms with E-state index in [4.69, 9.17) is 11.6 Å². The van der Waals surface area contributed by atoms with Crippen LogP contribution in [0.5, 0.6) is 0 Å². The van der Waals surface area contributed by atoms with Gasteiger partial charge in [0.05, 0.1) is 10.7 Å². The Morgan fingerprint density at radius 1 is 1.31 bits per heavy atom. The Morgan fingerprint density at radius 2 is 2.12 bits per heavy atom. The average Bonchev–Trinajstić information content (AvgIpc) is 2.26. The third kappa shape index (κ3) is 4.71. The summed E-state index contributed by atoms with van der Waals surface area (Å²) in [5, 5.41) is 4.17. The zero-order valence-electron chi connectivity index (χ0n) is 9.93. The van der Waals surface area contributed by atoms with Crippen molar-refractivity contribution in [3.05, 3.63) is 41.4 Å². The van der Waals surface area contributed by atoms with Crippen molar-refractivity contribution in [1.82, 2.24) is 0 Å². The van der Waals surface area contributed by atoms with Gasteiger partial charge in [0.2, 0.25) is 0 Å². The van der Waals surface area contributed by atoms with Crippen LogP contribution in [0.15, 0.2) is 30.9 Å². The molecule has 0 aromatic heterocycles. The van der Waals surface area contributed by atoms with Crippen LogP contribution >= 0.6 is 11.6 Å². The number of unbranched alkanes of at least 4 members (excludes halogenated alkanes) is 3. The Balaban J connectivity index is 2.24. The summed E-state index contributed by atoms with van der Waals surface area (Å²) in [6.45, 7) is 6.75. The molecule has 1 N–H and O–H groups in total. The zero-order valence-corrected chi connectivity index (χ0v) is 10.7. The summed E-state index contributed by atoms with van der Waals surface area (Å²) >= 11 is 6.12. The average molecular weight is 238 g/mol. The molecule has 0 saturated heterocycles. The second-order valence-electron chi connectivity index (χ2n) is 4.05. The van der Waals surface area contributed by atoms with E-state index in [2.05, 4.69) is 18.0 Å². The Bertz CT molecular complexity index is 334. The molecule has 0 aliphatic rings. The molecular weight excluding hydrogens is 218 g/mol. The number of rotatable bonds is 7. The molecule has 0 fully saturated rings. The lowest BCUT2D eigenvalue weighted by molar-refractivity contribution is 0.709. The van der Waals surface area contributed by atoms with E-state index in [0.717, 1.165) is 23.7 Å². The topological polar surface area (TPSA) is 12.0 Å². The van der Waals surface area contributed by atoms with E-state index < -0.39 is 0 Å². The maximum Gasteiger partial charge on any atom is 0.0640 e. The van der Waals surface area contributed by atoms with E-state index in [9.17, 15) is 0 Å². The molecule has 0 unspecified atom stereocenters. The fourth-order valence-electron chi connectivity index (χ4n) is 1.58. The van der Waals surface area contributed by atoms with Crippen molar-refractivity contribution in [3.8, 4) is 0 Å². The maximum absolute atomic E-state index is 6.12.